The van der Waals surface area contributed by atoms with E-state index >= 15 is 0 Å². The molecule has 0 atom stereocenters. The maximum atomic E-state index is 13.0. The minimum absolute atomic E-state index is 0.191. The van der Waals surface area contributed by atoms with Gasteiger partial charge in [0.1, 0.15) is 23.9 Å². The number of ether oxygens (including phenoxy) is 1. The van der Waals surface area contributed by atoms with Crippen LogP contribution in [0.15, 0.2) is 48.0 Å². The van der Waals surface area contributed by atoms with Crippen LogP contribution in [0.1, 0.15) is 18.1 Å². The van der Waals surface area contributed by atoms with Crippen LogP contribution < -0.4 is 4.74 Å². The lowest BCUT2D eigenvalue weighted by atomic mass is 9.91. The summed E-state index contributed by atoms with van der Waals surface area (Å²) >= 11 is 0. The molecule has 0 unspecified atom stereocenters. The van der Waals surface area contributed by atoms with Gasteiger partial charge in [-0.15, -0.1) is 0 Å². The smallest absolute Gasteiger partial charge is 0.127 e. The van der Waals surface area contributed by atoms with E-state index in [4.69, 9.17) is 4.74 Å². The number of fused-ring (bicyclic) bond motifs is 1. The Labute approximate surface area is 110 Å². The molecule has 0 radical (unpaired) electrons. The van der Waals surface area contributed by atoms with Crippen molar-refractivity contribution in [3.8, 4) is 11.5 Å². The van der Waals surface area contributed by atoms with Gasteiger partial charge in [-0.05, 0) is 54.0 Å². The van der Waals surface area contributed by atoms with Gasteiger partial charge in [0.2, 0.25) is 0 Å². The van der Waals surface area contributed by atoms with Crippen molar-refractivity contribution in [2.75, 3.05) is 6.61 Å². The Kier molecular flexibility index (Phi) is 2.75. The molecule has 0 amide bonds. The Morgan fingerprint density at radius 1 is 1.11 bits per heavy atom. The van der Waals surface area contributed by atoms with E-state index in [0.717, 1.165) is 28.0 Å². The number of benzene rings is 2. The number of phenols is 1. The Balaban J connectivity index is 2.19. The van der Waals surface area contributed by atoms with Crippen LogP contribution in [-0.4, -0.2) is 11.7 Å². The Hall–Kier alpha value is -2.29. The van der Waals surface area contributed by atoms with Gasteiger partial charge in [-0.3, -0.25) is 0 Å². The van der Waals surface area contributed by atoms with Gasteiger partial charge in [0.15, 0.2) is 0 Å². The van der Waals surface area contributed by atoms with E-state index in [9.17, 15) is 9.50 Å². The van der Waals surface area contributed by atoms with Crippen LogP contribution in [0.5, 0.6) is 11.5 Å². The van der Waals surface area contributed by atoms with E-state index in [1.54, 1.807) is 30.3 Å². The van der Waals surface area contributed by atoms with Crippen molar-refractivity contribution in [3.63, 3.8) is 0 Å². The Morgan fingerprint density at radius 3 is 2.58 bits per heavy atom. The zero-order chi connectivity index (χ0) is 13.4. The van der Waals surface area contributed by atoms with Crippen molar-refractivity contribution >= 4 is 5.57 Å². The molecule has 2 aromatic carbocycles. The lowest BCUT2D eigenvalue weighted by Crippen LogP contribution is -2.10. The van der Waals surface area contributed by atoms with E-state index in [1.165, 1.54) is 12.1 Å². The lowest BCUT2D eigenvalue weighted by molar-refractivity contribution is 0.345. The summed E-state index contributed by atoms with van der Waals surface area (Å²) in [6.07, 6.45) is 0. The number of halogens is 1. The number of hydrogen-bond donors (Lipinski definition) is 1. The highest BCUT2D eigenvalue weighted by Gasteiger charge is 2.19. The lowest BCUT2D eigenvalue weighted by Gasteiger charge is -2.23. The molecule has 0 spiro atoms. The van der Waals surface area contributed by atoms with Gasteiger partial charge in [-0.2, -0.15) is 0 Å². The maximum Gasteiger partial charge on any atom is 0.127 e. The SMILES string of the molecule is CC1=C(c2ccc(F)cc2)c2cc(O)ccc2OC1. The predicted molar refractivity (Wildman–Crippen MR) is 71.7 cm³/mol. The minimum atomic E-state index is -0.259. The molecular weight excluding hydrogens is 243 g/mol. The molecule has 3 rings (SSSR count). The second-order valence-electron chi connectivity index (χ2n) is 4.63. The van der Waals surface area contributed by atoms with Crippen LogP contribution in [0.3, 0.4) is 0 Å². The molecule has 0 bridgehead atoms. The standard InChI is InChI=1S/C16H13FO2/c1-10-9-19-15-7-6-13(18)8-14(15)16(10)11-2-4-12(17)5-3-11/h2-8,18H,9H2,1H3. The van der Waals surface area contributed by atoms with Gasteiger partial charge in [0.05, 0.1) is 0 Å². The first kappa shape index (κ1) is 11.8. The maximum absolute atomic E-state index is 13.0. The van der Waals surface area contributed by atoms with Crippen molar-refractivity contribution in [3.05, 3.63) is 65.0 Å². The van der Waals surface area contributed by atoms with Crippen LogP contribution in [0.4, 0.5) is 4.39 Å². The largest absolute Gasteiger partial charge is 0.508 e. The predicted octanol–water partition coefficient (Wildman–Crippen LogP) is 3.75. The number of hydrogen-bond acceptors (Lipinski definition) is 2. The summed E-state index contributed by atoms with van der Waals surface area (Å²) in [5, 5.41) is 9.65. The van der Waals surface area contributed by atoms with Crippen LogP contribution in [0, 0.1) is 5.82 Å². The number of rotatable bonds is 1. The molecule has 1 N–H and O–H groups in total. The molecular formula is C16H13FO2. The third kappa shape index (κ3) is 2.08. The molecule has 1 aliphatic heterocycles. The van der Waals surface area contributed by atoms with Crippen molar-refractivity contribution in [2.24, 2.45) is 0 Å². The quantitative estimate of drug-likeness (QED) is 0.842. The summed E-state index contributed by atoms with van der Waals surface area (Å²) in [4.78, 5) is 0. The van der Waals surface area contributed by atoms with Crippen molar-refractivity contribution < 1.29 is 14.2 Å². The fraction of sp³-hybridized carbons (Fsp3) is 0.125. The van der Waals surface area contributed by atoms with Crippen molar-refractivity contribution in [1.82, 2.24) is 0 Å². The summed E-state index contributed by atoms with van der Waals surface area (Å²) in [5.74, 6) is 0.671. The fourth-order valence-electron chi connectivity index (χ4n) is 2.35. The zero-order valence-corrected chi connectivity index (χ0v) is 10.5. The van der Waals surface area contributed by atoms with Gasteiger partial charge in [-0.1, -0.05) is 12.1 Å². The van der Waals surface area contributed by atoms with E-state index < -0.39 is 0 Å². The van der Waals surface area contributed by atoms with Crippen LogP contribution in [0.2, 0.25) is 0 Å². The van der Waals surface area contributed by atoms with E-state index in [0.29, 0.717) is 6.61 Å². The molecule has 96 valence electrons. The number of aromatic hydroxyl groups is 1. The fourth-order valence-corrected chi connectivity index (χ4v) is 2.35. The third-order valence-corrected chi connectivity index (χ3v) is 3.24. The molecule has 0 aliphatic carbocycles. The van der Waals surface area contributed by atoms with Gasteiger partial charge in [0, 0.05) is 5.56 Å². The van der Waals surface area contributed by atoms with Gasteiger partial charge < -0.3 is 9.84 Å². The monoisotopic (exact) mass is 256 g/mol. The number of phenolic OH excluding ortho intramolecular Hbond substituents is 1. The summed E-state index contributed by atoms with van der Waals surface area (Å²) in [7, 11) is 0. The Bertz CT molecular complexity index is 657. The molecule has 0 saturated carbocycles. The molecule has 2 nitrogen and oxygen atoms in total. The highest BCUT2D eigenvalue weighted by molar-refractivity contribution is 5.86. The Morgan fingerprint density at radius 2 is 1.84 bits per heavy atom. The average molecular weight is 256 g/mol. The highest BCUT2D eigenvalue weighted by Crippen LogP contribution is 2.38. The first-order valence-electron chi connectivity index (χ1n) is 6.07. The van der Waals surface area contributed by atoms with Crippen LogP contribution >= 0.6 is 0 Å². The minimum Gasteiger partial charge on any atom is -0.508 e. The van der Waals surface area contributed by atoms with E-state index in [2.05, 4.69) is 0 Å². The molecule has 0 aromatic heterocycles. The normalized spacial score (nSPS) is 14.0. The topological polar surface area (TPSA) is 29.5 Å². The first-order chi connectivity index (χ1) is 9.15. The first-order valence-corrected chi connectivity index (χ1v) is 6.07. The van der Waals surface area contributed by atoms with E-state index in [1.807, 2.05) is 6.92 Å². The molecule has 0 fully saturated rings. The highest BCUT2D eigenvalue weighted by atomic mass is 19.1. The van der Waals surface area contributed by atoms with Crippen molar-refractivity contribution in [1.29, 1.82) is 0 Å². The second kappa shape index (κ2) is 4.43. The molecule has 3 heteroatoms. The third-order valence-electron chi connectivity index (χ3n) is 3.24. The molecule has 0 saturated heterocycles. The van der Waals surface area contributed by atoms with Gasteiger partial charge in [0.25, 0.3) is 0 Å². The van der Waals surface area contributed by atoms with Crippen LogP contribution in [-0.2, 0) is 0 Å². The summed E-state index contributed by atoms with van der Waals surface area (Å²) < 4.78 is 18.7. The molecule has 19 heavy (non-hydrogen) atoms. The zero-order valence-electron chi connectivity index (χ0n) is 10.5. The molecule has 1 heterocycles. The molecule has 1 aliphatic rings. The molecule has 2 aromatic rings. The van der Waals surface area contributed by atoms with Crippen LogP contribution in [0.25, 0.3) is 5.57 Å². The summed E-state index contributed by atoms with van der Waals surface area (Å²) in [5.41, 5.74) is 3.83. The average Bonchev–Trinajstić information content (AvgIpc) is 2.40. The van der Waals surface area contributed by atoms with E-state index in [-0.39, 0.29) is 11.6 Å². The van der Waals surface area contributed by atoms with Gasteiger partial charge in [-0.25, -0.2) is 4.39 Å². The van der Waals surface area contributed by atoms with Gasteiger partial charge >= 0.3 is 0 Å². The summed E-state index contributed by atoms with van der Waals surface area (Å²) in [6.45, 7) is 2.48. The summed E-state index contributed by atoms with van der Waals surface area (Å²) in [6, 6.07) is 11.4. The van der Waals surface area contributed by atoms with Crippen molar-refractivity contribution in [2.45, 2.75) is 6.92 Å². The second-order valence-corrected chi connectivity index (χ2v) is 4.63.